The number of carbonyl (C=O) groups excluding carboxylic acids is 2. The zero-order chi connectivity index (χ0) is 37.3. The van der Waals surface area contributed by atoms with Crippen LogP contribution < -0.4 is 0 Å². The Morgan fingerprint density at radius 2 is 0.936 bits per heavy atom. The van der Waals surface area contributed by atoms with Gasteiger partial charge in [0.25, 0.3) is 0 Å². The summed E-state index contributed by atoms with van der Waals surface area (Å²) in [7, 11) is 0. The molecule has 0 fully saturated rings. The van der Waals surface area contributed by atoms with Gasteiger partial charge < -0.3 is 24.8 Å². The summed E-state index contributed by atoms with van der Waals surface area (Å²) in [5.41, 5.74) is 5.36. The molecule has 0 heterocycles. The molecule has 7 heteroatoms. The van der Waals surface area contributed by atoms with Crippen LogP contribution in [0.2, 0.25) is 0 Å². The summed E-state index contributed by atoms with van der Waals surface area (Å²) in [5, 5.41) is 30.4. The van der Waals surface area contributed by atoms with Crippen LogP contribution in [0.15, 0.2) is 61.4 Å². The Bertz CT molecular complexity index is 1360. The topological polar surface area (TPSA) is 113 Å². The van der Waals surface area contributed by atoms with Gasteiger partial charge in [0.05, 0.1) is 12.9 Å². The molecule has 0 aliphatic heterocycles. The van der Waals surface area contributed by atoms with E-state index in [1.807, 2.05) is 24.3 Å². The van der Waals surface area contributed by atoms with Crippen molar-refractivity contribution in [1.82, 2.24) is 0 Å². The van der Waals surface area contributed by atoms with Gasteiger partial charge in [-0.2, -0.15) is 0 Å². The Labute approximate surface area is 284 Å². The summed E-state index contributed by atoms with van der Waals surface area (Å²) in [5.74, 6) is -0.139. The first-order valence-electron chi connectivity index (χ1n) is 15.7. The van der Waals surface area contributed by atoms with Gasteiger partial charge in [-0.15, -0.1) is 0 Å². The third-order valence-corrected chi connectivity index (χ3v) is 7.01. The summed E-state index contributed by atoms with van der Waals surface area (Å²) in [4.78, 5) is 21.9. The van der Waals surface area contributed by atoms with Crippen LogP contribution in [0.1, 0.15) is 130 Å². The number of esters is 2. The fourth-order valence-electron chi connectivity index (χ4n) is 4.30. The molecule has 0 saturated heterocycles. The molecule has 0 atom stereocenters. The second-order valence-corrected chi connectivity index (χ2v) is 15.9. The molecule has 0 aliphatic rings. The first kappa shape index (κ1) is 43.2. The zero-order valence-corrected chi connectivity index (χ0v) is 31.4. The zero-order valence-electron chi connectivity index (χ0n) is 31.4. The standard InChI is InChI=1S/C19H28O3.C15H24O2.C6H8O2/c1-12(2)17(21)22-11-13-9-14(18(3,4)5)16(20)15(10-13)19(6,7)8;1-14(2,3)11-7-10(9-16)8-12(13(11)17)15(4,5)6;1-4-8-6(7)5(2)3/h9-10,20H,1,11H2,2-8H3;7-8,16-17H,9H2,1-6H3;4H,1-2H2,3H3. The minimum absolute atomic E-state index is 0.00639. The van der Waals surface area contributed by atoms with Crippen LogP contribution in [0, 0.1) is 0 Å². The van der Waals surface area contributed by atoms with Gasteiger partial charge in [0.15, 0.2) is 0 Å². The van der Waals surface area contributed by atoms with Gasteiger partial charge in [-0.3, -0.25) is 0 Å². The maximum Gasteiger partial charge on any atom is 0.337 e. The SMILES string of the molecule is C=C(C)C(=O)OCc1cc(C(C)(C)C)c(O)c(C(C)(C)C)c1.C=COC(=O)C(=C)C.CC(C)(C)c1cc(CO)cc(C(C)(C)C)c1O. The van der Waals surface area contributed by atoms with E-state index in [1.165, 1.54) is 0 Å². The minimum atomic E-state index is -0.431. The quantitative estimate of drug-likeness (QED) is 0.162. The van der Waals surface area contributed by atoms with E-state index in [1.54, 1.807) is 13.8 Å². The van der Waals surface area contributed by atoms with Crippen LogP contribution >= 0.6 is 0 Å². The summed E-state index contributed by atoms with van der Waals surface area (Å²) in [6.45, 7) is 38.2. The molecule has 2 aromatic rings. The van der Waals surface area contributed by atoms with Gasteiger partial charge in [0.2, 0.25) is 0 Å². The number of aliphatic hydroxyl groups excluding tert-OH is 1. The molecule has 0 bridgehead atoms. The Morgan fingerprint density at radius 3 is 1.15 bits per heavy atom. The van der Waals surface area contributed by atoms with Crippen LogP contribution in [0.4, 0.5) is 0 Å². The van der Waals surface area contributed by atoms with E-state index in [0.29, 0.717) is 22.6 Å². The van der Waals surface area contributed by atoms with Crippen LogP contribution in [-0.4, -0.2) is 27.3 Å². The van der Waals surface area contributed by atoms with Crippen molar-refractivity contribution in [3.8, 4) is 11.5 Å². The second kappa shape index (κ2) is 16.8. The number of hydrogen-bond acceptors (Lipinski definition) is 7. The number of rotatable bonds is 6. The number of hydrogen-bond donors (Lipinski definition) is 3. The number of aliphatic hydroxyl groups is 1. The molecule has 0 saturated carbocycles. The monoisotopic (exact) mass is 652 g/mol. The van der Waals surface area contributed by atoms with Crippen molar-refractivity contribution in [3.63, 3.8) is 0 Å². The summed E-state index contributed by atoms with van der Waals surface area (Å²) < 4.78 is 9.57. The van der Waals surface area contributed by atoms with E-state index < -0.39 is 11.9 Å². The number of ether oxygens (including phenoxy) is 2. The third kappa shape index (κ3) is 13.8. The van der Waals surface area contributed by atoms with Crippen molar-refractivity contribution in [1.29, 1.82) is 0 Å². The molecule has 0 amide bonds. The summed E-state index contributed by atoms with van der Waals surface area (Å²) >= 11 is 0. The van der Waals surface area contributed by atoms with Crippen molar-refractivity contribution in [2.45, 2.75) is 132 Å². The summed E-state index contributed by atoms with van der Waals surface area (Å²) in [6, 6.07) is 7.61. The lowest BCUT2D eigenvalue weighted by Gasteiger charge is -2.28. The predicted molar refractivity (Wildman–Crippen MR) is 193 cm³/mol. The van der Waals surface area contributed by atoms with Gasteiger partial charge in [0.1, 0.15) is 18.1 Å². The molecule has 0 radical (unpaired) electrons. The smallest absolute Gasteiger partial charge is 0.337 e. The van der Waals surface area contributed by atoms with Gasteiger partial charge >= 0.3 is 11.9 Å². The van der Waals surface area contributed by atoms with Gasteiger partial charge in [-0.05, 0) is 93.2 Å². The fraction of sp³-hybridized carbons (Fsp3) is 0.500. The molecule has 0 spiro atoms. The van der Waals surface area contributed by atoms with Crippen molar-refractivity contribution >= 4 is 11.9 Å². The average molecular weight is 653 g/mol. The van der Waals surface area contributed by atoms with E-state index in [2.05, 4.69) is 108 Å². The molecule has 2 aromatic carbocycles. The van der Waals surface area contributed by atoms with Crippen LogP contribution in [-0.2, 0) is 53.9 Å². The van der Waals surface area contributed by atoms with Gasteiger partial charge in [-0.1, -0.05) is 103 Å². The van der Waals surface area contributed by atoms with Gasteiger partial charge in [-0.25, -0.2) is 9.59 Å². The number of benzene rings is 2. The lowest BCUT2D eigenvalue weighted by atomic mass is 9.78. The van der Waals surface area contributed by atoms with Crippen molar-refractivity contribution in [3.05, 3.63) is 94.8 Å². The molecule has 0 unspecified atom stereocenters. The largest absolute Gasteiger partial charge is 0.507 e. The molecule has 3 N–H and O–H groups in total. The first-order valence-corrected chi connectivity index (χ1v) is 15.7. The van der Waals surface area contributed by atoms with E-state index in [4.69, 9.17) is 4.74 Å². The molecule has 47 heavy (non-hydrogen) atoms. The number of phenolic OH excluding ortho intramolecular Hbond substituents is 2. The highest BCUT2D eigenvalue weighted by Gasteiger charge is 2.28. The maximum absolute atomic E-state index is 11.6. The van der Waals surface area contributed by atoms with E-state index in [0.717, 1.165) is 39.6 Å². The maximum atomic E-state index is 11.6. The average Bonchev–Trinajstić information content (AvgIpc) is 2.90. The van der Waals surface area contributed by atoms with Crippen LogP contribution in [0.3, 0.4) is 0 Å². The Hall–Kier alpha value is -3.84. The normalized spacial score (nSPS) is 11.6. The van der Waals surface area contributed by atoms with Crippen molar-refractivity contribution in [2.75, 3.05) is 0 Å². The molecule has 262 valence electrons. The molecular formula is C40H60O7. The number of aromatic hydroxyl groups is 2. The molecule has 7 nitrogen and oxygen atoms in total. The number of phenols is 2. The van der Waals surface area contributed by atoms with E-state index >= 15 is 0 Å². The predicted octanol–water partition coefficient (Wildman–Crippen LogP) is 9.34. The molecular weight excluding hydrogens is 592 g/mol. The highest BCUT2D eigenvalue weighted by Crippen LogP contribution is 2.41. The lowest BCUT2D eigenvalue weighted by molar-refractivity contribution is -0.140. The highest BCUT2D eigenvalue weighted by molar-refractivity contribution is 5.87. The molecule has 0 aliphatic carbocycles. The first-order chi connectivity index (χ1) is 21.1. The second-order valence-electron chi connectivity index (χ2n) is 15.9. The van der Waals surface area contributed by atoms with Crippen LogP contribution in [0.25, 0.3) is 0 Å². The van der Waals surface area contributed by atoms with E-state index in [-0.39, 0.29) is 34.9 Å². The number of carbonyl (C=O) groups is 2. The van der Waals surface area contributed by atoms with Gasteiger partial charge in [0, 0.05) is 11.1 Å². The summed E-state index contributed by atoms with van der Waals surface area (Å²) in [6.07, 6.45) is 1.08. The lowest BCUT2D eigenvalue weighted by Crippen LogP contribution is -2.18. The highest BCUT2D eigenvalue weighted by atomic mass is 16.5. The fourth-order valence-corrected chi connectivity index (χ4v) is 4.30. The Morgan fingerprint density at radius 1 is 0.638 bits per heavy atom. The minimum Gasteiger partial charge on any atom is -0.507 e. The van der Waals surface area contributed by atoms with E-state index in [9.17, 15) is 24.9 Å². The molecule has 0 aromatic heterocycles. The third-order valence-electron chi connectivity index (χ3n) is 7.01. The van der Waals surface area contributed by atoms with Crippen LogP contribution in [0.5, 0.6) is 11.5 Å². The van der Waals surface area contributed by atoms with Crippen molar-refractivity contribution < 1.29 is 34.4 Å². The Kier molecular flexibility index (Phi) is 15.4. The molecule has 2 rings (SSSR count). The van der Waals surface area contributed by atoms with Crippen molar-refractivity contribution in [2.24, 2.45) is 0 Å². The Balaban J connectivity index is 0.000000748.